The van der Waals surface area contributed by atoms with Crippen molar-refractivity contribution in [2.75, 3.05) is 0 Å². The molecule has 0 heterocycles. The summed E-state index contributed by atoms with van der Waals surface area (Å²) in [5.74, 6) is 0. The molecule has 0 aliphatic heterocycles. The first-order valence-corrected chi connectivity index (χ1v) is 9.86. The van der Waals surface area contributed by atoms with E-state index in [4.69, 9.17) is 23.3 Å². The summed E-state index contributed by atoms with van der Waals surface area (Å²) in [5.41, 5.74) is 0. The van der Waals surface area contributed by atoms with Gasteiger partial charge in [-0.15, -0.1) is 0 Å². The first-order valence-electron chi connectivity index (χ1n) is 1.59. The number of hydrogen-bond acceptors (Lipinski definition) is 0. The topological polar surface area (TPSA) is 99.5 Å². The van der Waals surface area contributed by atoms with Crippen LogP contribution in [0.2, 0.25) is 0 Å². The molecule has 82 valence electrons. The fraction of sp³-hybridized carbons (Fsp3) is 0. The minimum absolute atomic E-state index is 0. The molecule has 0 saturated heterocycles. The van der Waals surface area contributed by atoms with Crippen molar-refractivity contribution in [3.63, 3.8) is 0 Å². The molecule has 0 aliphatic rings. The average Bonchev–Trinajstić information content (AvgIpc) is 2.30. The maximum Gasteiger partial charge on any atom is 0 e. The van der Waals surface area contributed by atoms with Gasteiger partial charge in [0.15, 0.2) is 46.5 Å². The van der Waals surface area contributed by atoms with Crippen LogP contribution in [0.5, 0.6) is 0 Å². The van der Waals surface area contributed by atoms with Gasteiger partial charge in [0.1, 0.15) is 0 Å². The van der Waals surface area contributed by atoms with Crippen molar-refractivity contribution in [2.24, 2.45) is 0 Å². The Balaban J connectivity index is -0.0000000105. The van der Waals surface area contributed by atoms with Crippen LogP contribution in [0.1, 0.15) is 0 Å². The SMILES string of the molecule is Br[PH+](Br)Br.[C-]#[O+].[C-]#[O+].[C-]#[O+].[C-]#[O+].[C-]#[O+].[Cr]. The van der Waals surface area contributed by atoms with Crippen LogP contribution < -0.4 is 0 Å². The maximum absolute atomic E-state index is 7.50. The summed E-state index contributed by atoms with van der Waals surface area (Å²) in [6, 6.07) is 0. The zero-order valence-electron chi connectivity index (χ0n) is 6.58. The van der Waals surface area contributed by atoms with Crippen LogP contribution in [-0.4, -0.2) is 0 Å². The summed E-state index contributed by atoms with van der Waals surface area (Å²) in [6.45, 7) is 22.5. The average molecular weight is 464 g/mol. The van der Waals surface area contributed by atoms with Gasteiger partial charge in [0.2, 0.25) is 4.03 Å². The summed E-state index contributed by atoms with van der Waals surface area (Å²) in [7, 11) is 0. The van der Waals surface area contributed by atoms with E-state index in [1.165, 1.54) is 0 Å². The van der Waals surface area contributed by atoms with Crippen LogP contribution in [0.15, 0.2) is 0 Å². The van der Waals surface area contributed by atoms with E-state index in [2.05, 4.69) is 79.7 Å². The summed E-state index contributed by atoms with van der Waals surface area (Å²) in [4.78, 5) is 0. The standard InChI is InChI=1S/5CO.Br3P.Cr/c5*1-2;1-4(2)3;/p+1. The molecule has 0 N–H and O–H groups in total. The van der Waals surface area contributed by atoms with Gasteiger partial charge in [-0.2, -0.15) is 0 Å². The molecular weight excluding hydrogens is 463 g/mol. The summed E-state index contributed by atoms with van der Waals surface area (Å²) in [5, 5.41) is 0. The molecule has 0 fully saturated rings. The Hall–Kier alpha value is 1.10. The van der Waals surface area contributed by atoms with Gasteiger partial charge in [-0.3, -0.25) is 0 Å². The summed E-state index contributed by atoms with van der Waals surface area (Å²) >= 11 is 9.62. The molecule has 0 aliphatic carbocycles. The third-order valence-corrected chi connectivity index (χ3v) is 0. The molecule has 0 bridgehead atoms. The van der Waals surface area contributed by atoms with Gasteiger partial charge in [0.05, 0.1) is 0 Å². The Morgan fingerprint density at radius 1 is 0.533 bits per heavy atom. The second kappa shape index (κ2) is 178. The Morgan fingerprint density at radius 2 is 0.533 bits per heavy atom. The first-order chi connectivity index (χ1) is 6.73. The van der Waals surface area contributed by atoms with Crippen LogP contribution in [0, 0.1) is 33.3 Å². The molecule has 0 radical (unpaired) electrons. The first kappa shape index (κ1) is 44.3. The normalized spacial score (nSPS) is 3.07. The van der Waals surface area contributed by atoms with Crippen molar-refractivity contribution in [1.82, 2.24) is 0 Å². The largest absolute Gasteiger partial charge is 0 e. The Morgan fingerprint density at radius 3 is 0.533 bits per heavy atom. The molecular formula is C5HBr3CrO5P+. The van der Waals surface area contributed by atoms with E-state index in [1.807, 2.05) is 0 Å². The zero-order valence-corrected chi connectivity index (χ0v) is 13.6. The van der Waals surface area contributed by atoms with Crippen molar-refractivity contribution in [3.8, 4) is 0 Å². The van der Waals surface area contributed by atoms with Gasteiger partial charge < -0.3 is 0 Å². The predicted octanol–water partition coefficient (Wildman–Crippen LogP) is 2.94. The quantitative estimate of drug-likeness (QED) is 0.300. The van der Waals surface area contributed by atoms with E-state index >= 15 is 0 Å². The monoisotopic (exact) mass is 461 g/mol. The van der Waals surface area contributed by atoms with Gasteiger partial charge in [-0.1, -0.05) is 0 Å². The Labute approximate surface area is 123 Å². The van der Waals surface area contributed by atoms with E-state index in [9.17, 15) is 0 Å². The molecule has 5 nitrogen and oxygen atoms in total. The van der Waals surface area contributed by atoms with Crippen molar-refractivity contribution in [2.45, 2.75) is 0 Å². The van der Waals surface area contributed by atoms with Crippen molar-refractivity contribution in [3.05, 3.63) is 33.3 Å². The number of hydrogen-bond donors (Lipinski definition) is 0. The Kier molecular flexibility index (Phi) is 527. The van der Waals surface area contributed by atoms with Gasteiger partial charge in [-0.25, -0.2) is 0 Å². The third-order valence-electron chi connectivity index (χ3n) is 0. The third kappa shape index (κ3) is 2130. The molecule has 0 aromatic carbocycles. The van der Waals surface area contributed by atoms with Gasteiger partial charge in [0, 0.05) is 17.4 Å². The van der Waals surface area contributed by atoms with E-state index in [0.29, 0.717) is 0 Å². The molecule has 0 amide bonds. The van der Waals surface area contributed by atoms with Crippen molar-refractivity contribution >= 4 is 50.5 Å². The fourth-order valence-electron chi connectivity index (χ4n) is 0. The van der Waals surface area contributed by atoms with Crippen LogP contribution >= 0.6 is 50.5 Å². The van der Waals surface area contributed by atoms with Gasteiger partial charge >= 0.3 is 56.5 Å². The fourth-order valence-corrected chi connectivity index (χ4v) is 0. The van der Waals surface area contributed by atoms with E-state index < -0.39 is 4.03 Å². The number of rotatable bonds is 0. The smallest absolute Gasteiger partial charge is 0 e. The second-order valence-corrected chi connectivity index (χ2v) is 17.4. The number of halogens is 3. The molecule has 0 aromatic heterocycles. The second-order valence-electron chi connectivity index (χ2n) is 0.214. The molecule has 15 heavy (non-hydrogen) atoms. The van der Waals surface area contributed by atoms with Crippen LogP contribution in [0.25, 0.3) is 0 Å². The van der Waals surface area contributed by atoms with Gasteiger partial charge in [0.25, 0.3) is 0 Å². The van der Waals surface area contributed by atoms with E-state index in [0.717, 1.165) is 0 Å². The van der Waals surface area contributed by atoms with E-state index in [1.54, 1.807) is 0 Å². The molecule has 0 spiro atoms. The molecule has 0 rings (SSSR count). The minimum Gasteiger partial charge on any atom is 0 e. The predicted molar refractivity (Wildman–Crippen MR) is 54.7 cm³/mol. The molecule has 10 heteroatoms. The van der Waals surface area contributed by atoms with Crippen LogP contribution in [0.3, 0.4) is 0 Å². The molecule has 0 atom stereocenters. The summed E-state index contributed by atoms with van der Waals surface area (Å²) in [6.07, 6.45) is 0. The van der Waals surface area contributed by atoms with Crippen molar-refractivity contribution < 1.29 is 40.6 Å². The zero-order chi connectivity index (χ0) is 13.6. The Bertz CT molecular complexity index is 117. The minimum atomic E-state index is -0.442. The molecule has 0 unspecified atom stereocenters. The molecule has 0 saturated carbocycles. The maximum atomic E-state index is 7.50. The molecule has 0 aromatic rings. The van der Waals surface area contributed by atoms with Gasteiger partial charge in [-0.05, 0) is 0 Å². The summed E-state index contributed by atoms with van der Waals surface area (Å²) < 4.78 is 37.1. The van der Waals surface area contributed by atoms with Crippen molar-refractivity contribution in [1.29, 1.82) is 0 Å². The van der Waals surface area contributed by atoms with Crippen LogP contribution in [-0.2, 0) is 40.6 Å². The van der Waals surface area contributed by atoms with E-state index in [-0.39, 0.29) is 17.4 Å². The van der Waals surface area contributed by atoms with Crippen LogP contribution in [0.4, 0.5) is 0 Å².